The molecule has 134 valence electrons. The van der Waals surface area contributed by atoms with Crippen LogP contribution in [0, 0.1) is 0 Å². The Balaban J connectivity index is 1.44. The number of aromatic nitrogens is 2. The van der Waals surface area contributed by atoms with E-state index in [4.69, 9.17) is 14.5 Å². The largest absolute Gasteiger partial charge is 0.488 e. The van der Waals surface area contributed by atoms with Gasteiger partial charge < -0.3 is 14.4 Å². The number of nitrogens with zero attached hydrogens (tertiary/aromatic N) is 4. The predicted octanol–water partition coefficient (Wildman–Crippen LogP) is 2.60. The fourth-order valence-electron chi connectivity index (χ4n) is 3.45. The van der Waals surface area contributed by atoms with Gasteiger partial charge in [0.2, 0.25) is 0 Å². The summed E-state index contributed by atoms with van der Waals surface area (Å²) in [5.41, 5.74) is 4.17. The summed E-state index contributed by atoms with van der Waals surface area (Å²) in [6.07, 6.45) is 3.88. The van der Waals surface area contributed by atoms with Crippen LogP contribution in [-0.4, -0.2) is 47.6 Å². The highest BCUT2D eigenvalue weighted by atomic mass is 16.5. The summed E-state index contributed by atoms with van der Waals surface area (Å²) < 4.78 is 11.6. The van der Waals surface area contributed by atoms with E-state index in [0.717, 1.165) is 67.7 Å². The zero-order chi connectivity index (χ0) is 17.6. The molecule has 2 aliphatic heterocycles. The SMILES string of the molecule is CC1(Oc2ccc3c(c2)C(c2cc(N4CCOCC4)ncn2)=NC3)CC1. The number of benzene rings is 1. The third-order valence-corrected chi connectivity index (χ3v) is 5.29. The third-order valence-electron chi connectivity index (χ3n) is 5.29. The number of morpholine rings is 1. The third kappa shape index (κ3) is 2.94. The van der Waals surface area contributed by atoms with Crippen LogP contribution >= 0.6 is 0 Å². The van der Waals surface area contributed by atoms with Gasteiger partial charge >= 0.3 is 0 Å². The summed E-state index contributed by atoms with van der Waals surface area (Å²) in [5, 5.41) is 0. The quantitative estimate of drug-likeness (QED) is 0.848. The first-order valence-electron chi connectivity index (χ1n) is 9.22. The van der Waals surface area contributed by atoms with Crippen LogP contribution in [0.15, 0.2) is 35.6 Å². The van der Waals surface area contributed by atoms with E-state index in [2.05, 4.69) is 40.0 Å². The fourth-order valence-corrected chi connectivity index (χ4v) is 3.45. The van der Waals surface area contributed by atoms with Crippen LogP contribution in [0.3, 0.4) is 0 Å². The van der Waals surface area contributed by atoms with Crippen molar-refractivity contribution in [3.8, 4) is 5.75 Å². The van der Waals surface area contributed by atoms with Crippen molar-refractivity contribution in [2.24, 2.45) is 4.99 Å². The molecule has 1 aromatic carbocycles. The molecule has 3 heterocycles. The number of aliphatic imine (C=N–C) groups is 1. The van der Waals surface area contributed by atoms with Crippen molar-refractivity contribution >= 4 is 11.5 Å². The molecule has 6 nitrogen and oxygen atoms in total. The molecule has 1 saturated carbocycles. The van der Waals surface area contributed by atoms with Crippen molar-refractivity contribution < 1.29 is 9.47 Å². The Hall–Kier alpha value is -2.47. The Morgan fingerprint density at radius 1 is 1.12 bits per heavy atom. The number of rotatable bonds is 4. The Morgan fingerprint density at radius 2 is 1.96 bits per heavy atom. The Labute approximate surface area is 152 Å². The molecule has 1 aliphatic carbocycles. The summed E-state index contributed by atoms with van der Waals surface area (Å²) in [6.45, 7) is 6.05. The summed E-state index contributed by atoms with van der Waals surface area (Å²) >= 11 is 0. The second-order valence-electron chi connectivity index (χ2n) is 7.40. The van der Waals surface area contributed by atoms with Gasteiger partial charge in [-0.1, -0.05) is 6.07 Å². The molecule has 0 atom stereocenters. The smallest absolute Gasteiger partial charge is 0.132 e. The first-order chi connectivity index (χ1) is 12.7. The number of anilines is 1. The summed E-state index contributed by atoms with van der Waals surface area (Å²) in [7, 11) is 0. The molecule has 1 saturated heterocycles. The predicted molar refractivity (Wildman–Crippen MR) is 99.1 cm³/mol. The molecule has 6 heteroatoms. The minimum absolute atomic E-state index is 0.0164. The monoisotopic (exact) mass is 350 g/mol. The summed E-state index contributed by atoms with van der Waals surface area (Å²) in [6, 6.07) is 8.33. The van der Waals surface area contributed by atoms with E-state index < -0.39 is 0 Å². The molecule has 0 spiro atoms. The van der Waals surface area contributed by atoms with Crippen LogP contribution < -0.4 is 9.64 Å². The number of fused-ring (bicyclic) bond motifs is 1. The van der Waals surface area contributed by atoms with Gasteiger partial charge in [0.05, 0.1) is 31.2 Å². The van der Waals surface area contributed by atoms with E-state index >= 15 is 0 Å². The van der Waals surface area contributed by atoms with Crippen LogP contribution in [0.25, 0.3) is 0 Å². The molecule has 0 bridgehead atoms. The molecular formula is C20H22N4O2. The number of ether oxygens (including phenoxy) is 2. The van der Waals surface area contributed by atoms with Crippen molar-refractivity contribution in [3.05, 3.63) is 47.4 Å². The van der Waals surface area contributed by atoms with Crippen molar-refractivity contribution in [2.75, 3.05) is 31.2 Å². The lowest BCUT2D eigenvalue weighted by atomic mass is 10.0. The van der Waals surface area contributed by atoms with Gasteiger partial charge in [-0.25, -0.2) is 9.97 Å². The highest BCUT2D eigenvalue weighted by molar-refractivity contribution is 6.14. The van der Waals surface area contributed by atoms with E-state index in [1.54, 1.807) is 6.33 Å². The van der Waals surface area contributed by atoms with Gasteiger partial charge in [0, 0.05) is 24.7 Å². The Kier molecular flexibility index (Phi) is 3.67. The lowest BCUT2D eigenvalue weighted by molar-refractivity contribution is 0.122. The lowest BCUT2D eigenvalue weighted by Gasteiger charge is -2.27. The molecule has 0 amide bonds. The topological polar surface area (TPSA) is 59.8 Å². The molecule has 2 fully saturated rings. The number of hydrogen-bond acceptors (Lipinski definition) is 6. The second kappa shape index (κ2) is 6.06. The molecule has 0 unspecified atom stereocenters. The molecule has 0 N–H and O–H groups in total. The van der Waals surface area contributed by atoms with Gasteiger partial charge in [0.1, 0.15) is 23.5 Å². The Bertz CT molecular complexity index is 870. The average Bonchev–Trinajstić information content (AvgIpc) is 3.25. The van der Waals surface area contributed by atoms with Crippen LogP contribution in [0.1, 0.15) is 36.6 Å². The van der Waals surface area contributed by atoms with E-state index in [1.807, 2.05) is 6.07 Å². The molecule has 5 rings (SSSR count). The highest BCUT2D eigenvalue weighted by Gasteiger charge is 2.40. The average molecular weight is 350 g/mol. The van der Waals surface area contributed by atoms with Gasteiger partial charge in [-0.15, -0.1) is 0 Å². The van der Waals surface area contributed by atoms with E-state index in [-0.39, 0.29) is 5.60 Å². The van der Waals surface area contributed by atoms with Crippen LogP contribution in [0.2, 0.25) is 0 Å². The molecule has 1 aromatic heterocycles. The first-order valence-corrected chi connectivity index (χ1v) is 9.22. The van der Waals surface area contributed by atoms with E-state index in [1.165, 1.54) is 5.56 Å². The number of hydrogen-bond donors (Lipinski definition) is 0. The normalized spacial score (nSPS) is 20.5. The van der Waals surface area contributed by atoms with Crippen LogP contribution in [-0.2, 0) is 11.3 Å². The van der Waals surface area contributed by atoms with Crippen molar-refractivity contribution in [1.29, 1.82) is 0 Å². The van der Waals surface area contributed by atoms with E-state index in [9.17, 15) is 0 Å². The second-order valence-corrected chi connectivity index (χ2v) is 7.40. The minimum atomic E-state index is 0.0164. The maximum absolute atomic E-state index is 6.13. The van der Waals surface area contributed by atoms with Crippen LogP contribution in [0.4, 0.5) is 5.82 Å². The highest BCUT2D eigenvalue weighted by Crippen LogP contribution is 2.40. The van der Waals surface area contributed by atoms with Gasteiger partial charge in [-0.05, 0) is 37.5 Å². The fraction of sp³-hybridized carbons (Fsp3) is 0.450. The zero-order valence-electron chi connectivity index (χ0n) is 14.9. The zero-order valence-corrected chi connectivity index (χ0v) is 14.9. The maximum atomic E-state index is 6.13. The van der Waals surface area contributed by atoms with Crippen molar-refractivity contribution in [3.63, 3.8) is 0 Å². The molecule has 26 heavy (non-hydrogen) atoms. The summed E-state index contributed by atoms with van der Waals surface area (Å²) in [4.78, 5) is 15.9. The lowest BCUT2D eigenvalue weighted by Crippen LogP contribution is -2.36. The molecule has 0 radical (unpaired) electrons. The van der Waals surface area contributed by atoms with Gasteiger partial charge in [0.15, 0.2) is 0 Å². The van der Waals surface area contributed by atoms with Crippen molar-refractivity contribution in [2.45, 2.75) is 31.9 Å². The van der Waals surface area contributed by atoms with Gasteiger partial charge in [0.25, 0.3) is 0 Å². The van der Waals surface area contributed by atoms with Crippen LogP contribution in [0.5, 0.6) is 5.75 Å². The van der Waals surface area contributed by atoms with E-state index in [0.29, 0.717) is 6.54 Å². The molecule has 3 aliphatic rings. The first kappa shape index (κ1) is 15.8. The Morgan fingerprint density at radius 3 is 2.77 bits per heavy atom. The van der Waals surface area contributed by atoms with Gasteiger partial charge in [-0.2, -0.15) is 0 Å². The standard InChI is InChI=1S/C20H22N4O2/c1-20(4-5-20)26-15-3-2-14-12-21-19(16(14)10-15)17-11-18(23-13-22-17)24-6-8-25-9-7-24/h2-3,10-11,13H,4-9,12H2,1H3. The van der Waals surface area contributed by atoms with Gasteiger partial charge in [-0.3, -0.25) is 4.99 Å². The molecule has 2 aromatic rings. The minimum Gasteiger partial charge on any atom is -0.488 e. The maximum Gasteiger partial charge on any atom is 0.132 e. The summed E-state index contributed by atoms with van der Waals surface area (Å²) in [5.74, 6) is 1.85. The van der Waals surface area contributed by atoms with Crippen molar-refractivity contribution in [1.82, 2.24) is 9.97 Å². The molecular weight excluding hydrogens is 328 g/mol.